The topological polar surface area (TPSA) is 118 Å². The van der Waals surface area contributed by atoms with Crippen molar-refractivity contribution in [3.05, 3.63) is 46.2 Å². The summed E-state index contributed by atoms with van der Waals surface area (Å²) in [5.41, 5.74) is -0.934. The van der Waals surface area contributed by atoms with Crippen molar-refractivity contribution >= 4 is 21.4 Å². The fraction of sp³-hybridized carbons (Fsp3) is 0.100. The highest BCUT2D eigenvalue weighted by molar-refractivity contribution is 7.92. The van der Waals surface area contributed by atoms with Gasteiger partial charge in [0.1, 0.15) is 11.6 Å². The first-order chi connectivity index (χ1) is 9.29. The second-order valence-corrected chi connectivity index (χ2v) is 5.51. The number of imidazole rings is 1. The van der Waals surface area contributed by atoms with Crippen LogP contribution in [0.5, 0.6) is 0 Å². The maximum absolute atomic E-state index is 13.5. The van der Waals surface area contributed by atoms with E-state index in [0.29, 0.717) is 5.82 Å². The van der Waals surface area contributed by atoms with Crippen LogP contribution in [0.2, 0.25) is 0 Å². The van der Waals surface area contributed by atoms with E-state index in [2.05, 4.69) is 9.97 Å². The number of hydrogen-bond donors (Lipinski definition) is 2. The Morgan fingerprint density at radius 2 is 2.15 bits per heavy atom. The van der Waals surface area contributed by atoms with Crippen LogP contribution < -0.4 is 4.72 Å². The first-order valence-corrected chi connectivity index (χ1v) is 6.76. The number of rotatable bonds is 4. The number of nitrogens with zero attached hydrogens (tertiary/aromatic N) is 2. The van der Waals surface area contributed by atoms with Gasteiger partial charge in [0.25, 0.3) is 15.7 Å². The van der Waals surface area contributed by atoms with E-state index >= 15 is 0 Å². The minimum absolute atomic E-state index is 0.263. The van der Waals surface area contributed by atoms with E-state index in [1.165, 1.54) is 0 Å². The lowest BCUT2D eigenvalue weighted by molar-refractivity contribution is -0.384. The molecule has 0 amide bonds. The van der Waals surface area contributed by atoms with Crippen LogP contribution in [-0.2, 0) is 10.0 Å². The van der Waals surface area contributed by atoms with E-state index in [4.69, 9.17) is 0 Å². The fourth-order valence-electron chi connectivity index (χ4n) is 1.44. The Labute approximate surface area is 112 Å². The molecule has 0 radical (unpaired) electrons. The largest absolute Gasteiger partial charge is 0.332 e. The number of aromatic amines is 1. The van der Waals surface area contributed by atoms with Gasteiger partial charge < -0.3 is 4.98 Å². The molecule has 0 saturated heterocycles. The molecule has 2 aromatic rings. The Hall–Kier alpha value is -2.49. The van der Waals surface area contributed by atoms with Crippen LogP contribution in [0.1, 0.15) is 5.82 Å². The van der Waals surface area contributed by atoms with E-state index in [1.807, 2.05) is 4.72 Å². The van der Waals surface area contributed by atoms with Crippen molar-refractivity contribution in [2.75, 3.05) is 4.72 Å². The average Bonchev–Trinajstić information content (AvgIpc) is 2.79. The van der Waals surface area contributed by atoms with Crippen LogP contribution in [0.15, 0.2) is 29.4 Å². The molecule has 2 rings (SSSR count). The van der Waals surface area contributed by atoms with Gasteiger partial charge in [-0.3, -0.25) is 14.8 Å². The van der Waals surface area contributed by atoms with Gasteiger partial charge in [0.2, 0.25) is 0 Å². The minimum atomic E-state index is -4.09. The summed E-state index contributed by atoms with van der Waals surface area (Å²) in [4.78, 5) is 16.0. The quantitative estimate of drug-likeness (QED) is 0.656. The van der Waals surface area contributed by atoms with Crippen molar-refractivity contribution in [2.24, 2.45) is 0 Å². The fourth-order valence-corrected chi connectivity index (χ4v) is 2.47. The number of anilines is 1. The smallest absolute Gasteiger partial charge is 0.279 e. The molecule has 106 valence electrons. The van der Waals surface area contributed by atoms with E-state index < -0.39 is 32.1 Å². The first-order valence-electron chi connectivity index (χ1n) is 5.28. The average molecular weight is 300 g/mol. The molecule has 0 bridgehead atoms. The molecular formula is C10H9FN4O4S. The monoisotopic (exact) mass is 300 g/mol. The second kappa shape index (κ2) is 4.89. The Morgan fingerprint density at radius 3 is 2.70 bits per heavy atom. The van der Waals surface area contributed by atoms with Gasteiger partial charge in [0, 0.05) is 12.1 Å². The van der Waals surface area contributed by atoms with Gasteiger partial charge in [-0.15, -0.1) is 0 Å². The lowest BCUT2D eigenvalue weighted by atomic mass is 10.3. The third-order valence-electron chi connectivity index (χ3n) is 2.37. The zero-order valence-electron chi connectivity index (χ0n) is 10.1. The molecule has 0 aliphatic carbocycles. The Balaban J connectivity index is 2.39. The summed E-state index contributed by atoms with van der Waals surface area (Å²) < 4.78 is 39.3. The number of benzene rings is 1. The van der Waals surface area contributed by atoms with Crippen molar-refractivity contribution in [3.8, 4) is 0 Å². The summed E-state index contributed by atoms with van der Waals surface area (Å²) in [5, 5.41) is 10.3. The predicted molar refractivity (Wildman–Crippen MR) is 67.2 cm³/mol. The zero-order chi connectivity index (χ0) is 14.9. The summed E-state index contributed by atoms with van der Waals surface area (Å²) in [7, 11) is -4.09. The number of halogens is 1. The lowest BCUT2D eigenvalue weighted by Crippen LogP contribution is -2.14. The van der Waals surface area contributed by atoms with Gasteiger partial charge >= 0.3 is 0 Å². The van der Waals surface area contributed by atoms with Gasteiger partial charge in [-0.05, 0) is 13.0 Å². The maximum Gasteiger partial charge on any atom is 0.279 e. The number of nitro benzene ring substituents is 1. The first kappa shape index (κ1) is 13.9. The zero-order valence-corrected chi connectivity index (χ0v) is 10.9. The number of H-pyrrole nitrogens is 1. The second-order valence-electron chi connectivity index (χ2n) is 3.86. The van der Waals surface area contributed by atoms with Gasteiger partial charge in [-0.2, -0.15) is 8.42 Å². The highest BCUT2D eigenvalue weighted by atomic mass is 32.2. The number of hydrogen-bond acceptors (Lipinski definition) is 5. The van der Waals surface area contributed by atoms with E-state index in [1.54, 1.807) is 6.92 Å². The number of sulfonamides is 1. The number of aromatic nitrogens is 2. The number of nitro groups is 1. The molecule has 0 saturated carbocycles. The Morgan fingerprint density at radius 1 is 1.45 bits per heavy atom. The molecule has 1 aromatic carbocycles. The molecule has 8 nitrogen and oxygen atoms in total. The SMILES string of the molecule is Cc1ncc(S(=O)(=O)Nc2cc([N+](=O)[O-])ccc2F)[nH]1. The molecule has 0 unspecified atom stereocenters. The van der Waals surface area contributed by atoms with Gasteiger partial charge in [0.05, 0.1) is 16.8 Å². The van der Waals surface area contributed by atoms with Crippen LogP contribution in [0.3, 0.4) is 0 Å². The molecule has 0 atom stereocenters. The number of nitrogens with one attached hydrogen (secondary N) is 2. The summed E-state index contributed by atoms with van der Waals surface area (Å²) in [6.07, 6.45) is 1.06. The van der Waals surface area contributed by atoms with Gasteiger partial charge in [-0.25, -0.2) is 9.37 Å². The highest BCUT2D eigenvalue weighted by Crippen LogP contribution is 2.23. The van der Waals surface area contributed by atoms with Crippen LogP contribution >= 0.6 is 0 Å². The maximum atomic E-state index is 13.5. The molecular weight excluding hydrogens is 291 g/mol. The molecule has 0 spiro atoms. The molecule has 10 heteroatoms. The third kappa shape index (κ3) is 2.74. The van der Waals surface area contributed by atoms with Crippen LogP contribution in [0.25, 0.3) is 0 Å². The van der Waals surface area contributed by atoms with Crippen molar-refractivity contribution < 1.29 is 17.7 Å². The van der Waals surface area contributed by atoms with Crippen molar-refractivity contribution in [1.29, 1.82) is 0 Å². The standard InChI is InChI=1S/C10H9FN4O4S/c1-6-12-5-10(13-6)20(18,19)14-9-4-7(15(16)17)2-3-8(9)11/h2-5,14H,1H3,(H,12,13). The summed E-state index contributed by atoms with van der Waals surface area (Å²) >= 11 is 0. The van der Waals surface area contributed by atoms with Crippen molar-refractivity contribution in [3.63, 3.8) is 0 Å². The van der Waals surface area contributed by atoms with E-state index in [0.717, 1.165) is 24.4 Å². The lowest BCUT2D eigenvalue weighted by Gasteiger charge is -2.06. The predicted octanol–water partition coefficient (Wildman–Crippen LogP) is 1.57. The third-order valence-corrected chi connectivity index (χ3v) is 3.65. The number of non-ortho nitro benzene ring substituents is 1. The van der Waals surface area contributed by atoms with Crippen LogP contribution in [0, 0.1) is 22.9 Å². The normalized spacial score (nSPS) is 11.3. The molecule has 0 fully saturated rings. The molecule has 1 heterocycles. The minimum Gasteiger partial charge on any atom is -0.332 e. The molecule has 0 aliphatic rings. The van der Waals surface area contributed by atoms with Crippen molar-refractivity contribution in [1.82, 2.24) is 9.97 Å². The highest BCUT2D eigenvalue weighted by Gasteiger charge is 2.20. The van der Waals surface area contributed by atoms with Crippen LogP contribution in [0.4, 0.5) is 15.8 Å². The Kier molecular flexibility index (Phi) is 3.40. The summed E-state index contributed by atoms with van der Waals surface area (Å²) in [6, 6.07) is 2.55. The van der Waals surface area contributed by atoms with Crippen LogP contribution in [-0.4, -0.2) is 23.3 Å². The van der Waals surface area contributed by atoms with E-state index in [9.17, 15) is 22.9 Å². The molecule has 0 aliphatic heterocycles. The number of aryl methyl sites for hydroxylation is 1. The molecule has 2 N–H and O–H groups in total. The molecule has 1 aromatic heterocycles. The van der Waals surface area contributed by atoms with Gasteiger partial charge in [0.15, 0.2) is 5.03 Å². The Bertz CT molecular complexity index is 771. The molecule has 20 heavy (non-hydrogen) atoms. The van der Waals surface area contributed by atoms with Gasteiger partial charge in [-0.1, -0.05) is 0 Å². The van der Waals surface area contributed by atoms with E-state index in [-0.39, 0.29) is 5.03 Å². The summed E-state index contributed by atoms with van der Waals surface area (Å²) in [6.45, 7) is 1.55. The van der Waals surface area contributed by atoms with Crippen molar-refractivity contribution in [2.45, 2.75) is 11.9 Å². The summed E-state index contributed by atoms with van der Waals surface area (Å²) in [5.74, 6) is -0.555.